The van der Waals surface area contributed by atoms with Crippen LogP contribution in [0.3, 0.4) is 0 Å². The molecule has 1 aromatic heterocycles. The summed E-state index contributed by atoms with van der Waals surface area (Å²) in [4.78, 5) is 58.6. The standard InChI is InChI=1S/C49H60BrN11O6S/c1-31-25-40(53-49-51-28-38(50)46(55-49)52-39-6-4-5-33-13-20-61(45(33)39)68(3,65)66)43(67-2)27-42(31)59-18-14-35(15-19-59)58-23-21-56(22-24-58)29-32-11-16-57(17-12-32)36-7-8-37-34(26-36)30-60(48(37)64)41-9-10-44(62)54-47(41)63/h4-8,25-28,32,35,41H,9-24,29-30H2,1-3H3,(H,54,62,63)(H2,51,52,53,55). The average Bonchev–Trinajstić information content (AvgIpc) is 3.93. The van der Waals surface area contributed by atoms with Gasteiger partial charge in [0, 0.05) is 114 Å². The van der Waals surface area contributed by atoms with Crippen LogP contribution in [0, 0.1) is 12.8 Å². The van der Waals surface area contributed by atoms with Crippen molar-refractivity contribution in [3.63, 3.8) is 0 Å². The molecule has 3 amide bonds. The molecule has 68 heavy (non-hydrogen) atoms. The first-order valence-corrected chi connectivity index (χ1v) is 26.5. The number of rotatable bonds is 12. The number of hydrogen-bond acceptors (Lipinski definition) is 14. The first kappa shape index (κ1) is 46.2. The molecule has 0 aliphatic carbocycles. The Morgan fingerprint density at radius 2 is 1.60 bits per heavy atom. The molecule has 4 aromatic rings. The number of piperazine rings is 1. The molecular formula is C49H60BrN11O6S. The summed E-state index contributed by atoms with van der Waals surface area (Å²) in [6.45, 7) is 12.4. The van der Waals surface area contributed by atoms with Gasteiger partial charge >= 0.3 is 0 Å². The summed E-state index contributed by atoms with van der Waals surface area (Å²) in [5.74, 6) is 1.46. The van der Waals surface area contributed by atoms with E-state index in [0.717, 1.165) is 118 Å². The summed E-state index contributed by atoms with van der Waals surface area (Å²) in [7, 11) is -1.77. The van der Waals surface area contributed by atoms with Crippen LogP contribution in [0.25, 0.3) is 0 Å². The number of halogens is 1. The number of piperidine rings is 3. The van der Waals surface area contributed by atoms with E-state index in [-0.39, 0.29) is 24.1 Å². The van der Waals surface area contributed by atoms with Crippen LogP contribution in [0.1, 0.15) is 65.6 Å². The van der Waals surface area contributed by atoms with E-state index in [9.17, 15) is 22.8 Å². The Kier molecular flexibility index (Phi) is 13.0. The summed E-state index contributed by atoms with van der Waals surface area (Å²) in [5, 5.41) is 9.11. The predicted molar refractivity (Wildman–Crippen MR) is 267 cm³/mol. The van der Waals surface area contributed by atoms with Gasteiger partial charge in [-0.25, -0.2) is 13.4 Å². The number of methoxy groups -OCH3 is 1. The minimum absolute atomic E-state index is 0.127. The Labute approximate surface area is 406 Å². The van der Waals surface area contributed by atoms with Gasteiger partial charge in [0.25, 0.3) is 5.91 Å². The normalized spacial score (nSPS) is 21.0. The van der Waals surface area contributed by atoms with Crippen LogP contribution in [-0.2, 0) is 32.6 Å². The number of benzene rings is 3. The number of aromatic nitrogens is 2. The molecule has 3 aromatic carbocycles. The van der Waals surface area contributed by atoms with Gasteiger partial charge in [-0.3, -0.25) is 28.9 Å². The van der Waals surface area contributed by atoms with Crippen LogP contribution < -0.4 is 34.8 Å². The molecule has 0 radical (unpaired) electrons. The second-order valence-corrected chi connectivity index (χ2v) is 21.9. The zero-order chi connectivity index (χ0) is 47.3. The summed E-state index contributed by atoms with van der Waals surface area (Å²) in [6.07, 6.45) is 8.68. The van der Waals surface area contributed by atoms with Crippen molar-refractivity contribution >= 4 is 83.9 Å². The van der Waals surface area contributed by atoms with E-state index in [1.807, 2.05) is 30.3 Å². The number of hydrogen-bond donors (Lipinski definition) is 3. The van der Waals surface area contributed by atoms with Gasteiger partial charge in [0.2, 0.25) is 27.8 Å². The summed E-state index contributed by atoms with van der Waals surface area (Å²) in [6, 6.07) is 16.0. The lowest BCUT2D eigenvalue weighted by molar-refractivity contribution is -0.136. The number of fused-ring (bicyclic) bond motifs is 2. The molecule has 6 aliphatic rings. The van der Waals surface area contributed by atoms with Gasteiger partial charge in [0.15, 0.2) is 0 Å². The molecule has 0 spiro atoms. The number of sulfonamides is 1. The minimum Gasteiger partial charge on any atom is -0.494 e. The van der Waals surface area contributed by atoms with Crippen molar-refractivity contribution in [2.75, 3.05) is 104 Å². The fourth-order valence-corrected chi connectivity index (χ4v) is 12.4. The number of carbonyl (C=O) groups excluding carboxylic acids is 3. The maximum atomic E-state index is 13.2. The predicted octanol–water partition coefficient (Wildman–Crippen LogP) is 5.63. The molecule has 6 aliphatic heterocycles. The Bertz CT molecular complexity index is 2720. The van der Waals surface area contributed by atoms with Crippen molar-refractivity contribution in [3.05, 3.63) is 81.5 Å². The molecule has 3 N–H and O–H groups in total. The van der Waals surface area contributed by atoms with E-state index in [1.165, 1.54) is 10.6 Å². The Hall–Kier alpha value is -5.50. The lowest BCUT2D eigenvalue weighted by Crippen LogP contribution is -2.54. The fourth-order valence-electron chi connectivity index (χ4n) is 11.2. The largest absolute Gasteiger partial charge is 0.494 e. The number of ether oxygens (including phenoxy) is 1. The smallest absolute Gasteiger partial charge is 0.255 e. The minimum atomic E-state index is -3.44. The number of aryl methyl sites for hydroxylation is 1. The third kappa shape index (κ3) is 9.46. The number of amides is 3. The molecule has 4 saturated heterocycles. The van der Waals surface area contributed by atoms with Crippen molar-refractivity contribution in [3.8, 4) is 5.75 Å². The lowest BCUT2D eigenvalue weighted by atomic mass is 9.95. The van der Waals surface area contributed by atoms with Crippen molar-refractivity contribution in [2.45, 2.75) is 70.5 Å². The summed E-state index contributed by atoms with van der Waals surface area (Å²) < 4.78 is 33.2. The van der Waals surface area contributed by atoms with E-state index in [2.05, 4.69) is 81.6 Å². The van der Waals surface area contributed by atoms with Crippen LogP contribution in [0.4, 0.5) is 40.2 Å². The second kappa shape index (κ2) is 19.1. The topological polar surface area (TPSA) is 176 Å². The zero-order valence-corrected chi connectivity index (χ0v) is 41.4. The number of anilines is 7. The van der Waals surface area contributed by atoms with Gasteiger partial charge in [-0.2, -0.15) is 4.98 Å². The van der Waals surface area contributed by atoms with Crippen LogP contribution in [-0.4, -0.2) is 142 Å². The van der Waals surface area contributed by atoms with Crippen molar-refractivity contribution in [1.82, 2.24) is 30.0 Å². The first-order chi connectivity index (χ1) is 32.8. The summed E-state index contributed by atoms with van der Waals surface area (Å²) in [5.41, 5.74) is 8.07. The first-order valence-electron chi connectivity index (χ1n) is 23.9. The molecule has 17 nitrogen and oxygen atoms in total. The quantitative estimate of drug-likeness (QED) is 0.149. The lowest BCUT2D eigenvalue weighted by Gasteiger charge is -2.44. The number of para-hydroxylation sites is 1. The highest BCUT2D eigenvalue weighted by atomic mass is 79.9. The van der Waals surface area contributed by atoms with Crippen LogP contribution in [0.15, 0.2) is 59.2 Å². The van der Waals surface area contributed by atoms with E-state index < -0.39 is 16.1 Å². The maximum Gasteiger partial charge on any atom is 0.255 e. The van der Waals surface area contributed by atoms with Gasteiger partial charge in [-0.15, -0.1) is 0 Å². The average molecular weight is 1010 g/mol. The van der Waals surface area contributed by atoms with Crippen LogP contribution in [0.5, 0.6) is 5.75 Å². The molecule has 4 fully saturated rings. The SMILES string of the molecule is COc1cc(N2CCC(N3CCN(CC4CCN(c5ccc6c(c5)CN(C5CCC(=O)NC5=O)C6=O)CC4)CC3)CC2)c(C)cc1Nc1ncc(Br)c(Nc2cccc3c2N(S(C)(=O)=O)CC3)n1. The number of nitrogens with one attached hydrogen (secondary N) is 3. The molecule has 1 unspecified atom stereocenters. The van der Waals surface area contributed by atoms with E-state index in [1.54, 1.807) is 18.2 Å². The molecule has 0 saturated carbocycles. The van der Waals surface area contributed by atoms with E-state index >= 15 is 0 Å². The molecule has 19 heteroatoms. The van der Waals surface area contributed by atoms with Gasteiger partial charge in [-0.05, 0) is 114 Å². The molecule has 0 bridgehead atoms. The Morgan fingerprint density at radius 1 is 0.838 bits per heavy atom. The van der Waals surface area contributed by atoms with E-state index in [4.69, 9.17) is 9.72 Å². The molecule has 1 atom stereocenters. The maximum absolute atomic E-state index is 13.2. The van der Waals surface area contributed by atoms with Crippen LogP contribution in [0.2, 0.25) is 0 Å². The Morgan fingerprint density at radius 3 is 2.34 bits per heavy atom. The number of imide groups is 1. The van der Waals surface area contributed by atoms with Gasteiger partial charge in [0.05, 0.1) is 34.9 Å². The third-order valence-electron chi connectivity index (χ3n) is 14.8. The monoisotopic (exact) mass is 1010 g/mol. The van der Waals surface area contributed by atoms with Crippen molar-refractivity contribution in [1.29, 1.82) is 0 Å². The highest BCUT2D eigenvalue weighted by Crippen LogP contribution is 2.41. The second-order valence-electron chi connectivity index (χ2n) is 19.1. The highest BCUT2D eigenvalue weighted by Gasteiger charge is 2.40. The molecular weight excluding hydrogens is 951 g/mol. The Balaban J connectivity index is 0.687. The van der Waals surface area contributed by atoms with Gasteiger partial charge < -0.3 is 35.0 Å². The van der Waals surface area contributed by atoms with Crippen LogP contribution >= 0.6 is 15.9 Å². The third-order valence-corrected chi connectivity index (χ3v) is 16.6. The zero-order valence-electron chi connectivity index (χ0n) is 39.0. The van der Waals surface area contributed by atoms with Crippen molar-refractivity contribution in [2.24, 2.45) is 5.92 Å². The number of carbonyl (C=O) groups is 3. The fraction of sp³-hybridized carbons (Fsp3) is 0.490. The molecule has 10 rings (SSSR count). The molecule has 360 valence electrons. The van der Waals surface area contributed by atoms with Crippen molar-refractivity contribution < 1.29 is 27.5 Å². The van der Waals surface area contributed by atoms with Gasteiger partial charge in [-0.1, -0.05) is 12.1 Å². The highest BCUT2D eigenvalue weighted by molar-refractivity contribution is 9.10. The number of nitrogens with zero attached hydrogens (tertiary/aromatic N) is 8. The summed E-state index contributed by atoms with van der Waals surface area (Å²) >= 11 is 3.57. The van der Waals surface area contributed by atoms with E-state index in [0.29, 0.717) is 76.8 Å². The molecule has 7 heterocycles. The van der Waals surface area contributed by atoms with Gasteiger partial charge in [0.1, 0.15) is 17.6 Å².